The predicted molar refractivity (Wildman–Crippen MR) is 54.9 cm³/mol. The quantitative estimate of drug-likeness (QED) is 0.608. The summed E-state index contributed by atoms with van der Waals surface area (Å²) in [7, 11) is 0. The number of unbranched alkanes of at least 4 members (excludes halogenated alkanes) is 1. The minimum atomic E-state index is 0.00537. The van der Waals surface area contributed by atoms with E-state index in [1.54, 1.807) is 6.20 Å². The number of hydrogen-bond donors (Lipinski definition) is 3. The first-order valence-corrected chi connectivity index (χ1v) is 4.74. The Morgan fingerprint density at radius 2 is 2.43 bits per heavy atom. The largest absolute Gasteiger partial charge is 0.330 e. The Labute approximate surface area is 83.1 Å². The monoisotopic (exact) mass is 196 g/mol. The molecule has 0 bridgehead atoms. The first kappa shape index (κ1) is 10.7. The summed E-state index contributed by atoms with van der Waals surface area (Å²) in [6, 6.07) is 0. The summed E-state index contributed by atoms with van der Waals surface area (Å²) in [5.74, 6) is 0.688. The van der Waals surface area contributed by atoms with Crippen LogP contribution < -0.4 is 11.1 Å². The van der Waals surface area contributed by atoms with Crippen LogP contribution in [0.5, 0.6) is 0 Å². The van der Waals surface area contributed by atoms with Crippen molar-refractivity contribution in [2.45, 2.75) is 26.2 Å². The molecule has 0 aliphatic carbocycles. The van der Waals surface area contributed by atoms with Crippen molar-refractivity contribution in [2.75, 3.05) is 11.9 Å². The Morgan fingerprint density at radius 3 is 3.00 bits per heavy atom. The molecule has 0 aromatic carbocycles. The van der Waals surface area contributed by atoms with Crippen molar-refractivity contribution in [1.82, 2.24) is 10.2 Å². The number of nitrogens with zero attached hydrogens (tertiary/aromatic N) is 1. The van der Waals surface area contributed by atoms with E-state index in [9.17, 15) is 4.79 Å². The lowest BCUT2D eigenvalue weighted by Crippen LogP contribution is -2.12. The highest BCUT2D eigenvalue weighted by Gasteiger charge is 2.04. The average Bonchev–Trinajstić information content (AvgIpc) is 2.52. The molecule has 1 heterocycles. The minimum absolute atomic E-state index is 0.00537. The first-order chi connectivity index (χ1) is 6.74. The Hall–Kier alpha value is -1.36. The van der Waals surface area contributed by atoms with Crippen LogP contribution >= 0.6 is 0 Å². The van der Waals surface area contributed by atoms with Crippen molar-refractivity contribution in [2.24, 2.45) is 5.73 Å². The number of nitrogens with two attached hydrogens (primary N) is 1. The molecular formula is C9H16N4O. The third kappa shape index (κ3) is 3.18. The Balaban J connectivity index is 2.31. The van der Waals surface area contributed by atoms with Gasteiger partial charge in [-0.3, -0.25) is 9.89 Å². The zero-order chi connectivity index (χ0) is 10.4. The van der Waals surface area contributed by atoms with Crippen LogP contribution in [0.25, 0.3) is 0 Å². The van der Waals surface area contributed by atoms with Gasteiger partial charge in [0, 0.05) is 12.0 Å². The number of rotatable bonds is 5. The Kier molecular flexibility index (Phi) is 4.12. The molecule has 14 heavy (non-hydrogen) atoms. The molecule has 0 saturated heterocycles. The van der Waals surface area contributed by atoms with Crippen molar-refractivity contribution in [1.29, 1.82) is 0 Å². The van der Waals surface area contributed by atoms with Crippen LogP contribution in [0.1, 0.15) is 24.8 Å². The lowest BCUT2D eigenvalue weighted by atomic mass is 10.2. The van der Waals surface area contributed by atoms with Crippen LogP contribution in [0.15, 0.2) is 6.20 Å². The molecule has 1 aromatic heterocycles. The van der Waals surface area contributed by atoms with Gasteiger partial charge in [0.15, 0.2) is 0 Å². The van der Waals surface area contributed by atoms with Crippen molar-refractivity contribution < 1.29 is 4.79 Å². The molecule has 0 radical (unpaired) electrons. The summed E-state index contributed by atoms with van der Waals surface area (Å²) in [6.07, 6.45) is 3.90. The van der Waals surface area contributed by atoms with Gasteiger partial charge in [0.2, 0.25) is 5.91 Å². The van der Waals surface area contributed by atoms with E-state index in [1.165, 1.54) is 0 Å². The van der Waals surface area contributed by atoms with E-state index in [2.05, 4.69) is 15.5 Å². The van der Waals surface area contributed by atoms with Crippen molar-refractivity contribution in [3.8, 4) is 0 Å². The van der Waals surface area contributed by atoms with E-state index in [-0.39, 0.29) is 5.91 Å². The number of anilines is 1. The first-order valence-electron chi connectivity index (χ1n) is 4.74. The van der Waals surface area contributed by atoms with Crippen LogP contribution in [0.3, 0.4) is 0 Å². The van der Waals surface area contributed by atoms with Gasteiger partial charge < -0.3 is 11.1 Å². The summed E-state index contributed by atoms with van der Waals surface area (Å²) >= 11 is 0. The number of aryl methyl sites for hydroxylation is 1. The number of aromatic amines is 1. The van der Waals surface area contributed by atoms with E-state index in [4.69, 9.17) is 5.73 Å². The Bertz CT molecular complexity index is 295. The van der Waals surface area contributed by atoms with Gasteiger partial charge in [0.1, 0.15) is 5.82 Å². The normalized spacial score (nSPS) is 10.1. The van der Waals surface area contributed by atoms with Gasteiger partial charge in [0.25, 0.3) is 0 Å². The van der Waals surface area contributed by atoms with Crippen molar-refractivity contribution in [3.05, 3.63) is 11.8 Å². The van der Waals surface area contributed by atoms with E-state index >= 15 is 0 Å². The molecule has 1 amide bonds. The molecule has 0 aliphatic rings. The highest BCUT2D eigenvalue weighted by molar-refractivity contribution is 5.90. The zero-order valence-corrected chi connectivity index (χ0v) is 8.34. The smallest absolute Gasteiger partial charge is 0.225 e. The maximum absolute atomic E-state index is 11.3. The Morgan fingerprint density at radius 1 is 1.64 bits per heavy atom. The van der Waals surface area contributed by atoms with Gasteiger partial charge in [-0.2, -0.15) is 5.10 Å². The predicted octanol–water partition coefficient (Wildman–Crippen LogP) is 0.786. The van der Waals surface area contributed by atoms with Gasteiger partial charge in [-0.25, -0.2) is 0 Å². The maximum atomic E-state index is 11.3. The molecular weight excluding hydrogens is 180 g/mol. The molecule has 0 saturated carbocycles. The number of carbonyl (C=O) groups excluding carboxylic acids is 1. The molecule has 5 heteroatoms. The molecule has 1 aromatic rings. The summed E-state index contributed by atoms with van der Waals surface area (Å²) in [6.45, 7) is 2.52. The fourth-order valence-electron chi connectivity index (χ4n) is 1.10. The summed E-state index contributed by atoms with van der Waals surface area (Å²) in [5, 5.41) is 9.28. The summed E-state index contributed by atoms with van der Waals surface area (Å²) in [4.78, 5) is 11.3. The number of H-pyrrole nitrogens is 1. The van der Waals surface area contributed by atoms with Crippen LogP contribution in [0, 0.1) is 6.92 Å². The second-order valence-corrected chi connectivity index (χ2v) is 3.22. The van der Waals surface area contributed by atoms with E-state index in [0.29, 0.717) is 18.8 Å². The summed E-state index contributed by atoms with van der Waals surface area (Å²) < 4.78 is 0. The molecule has 4 N–H and O–H groups in total. The van der Waals surface area contributed by atoms with Crippen LogP contribution in [0.2, 0.25) is 0 Å². The molecule has 5 nitrogen and oxygen atoms in total. The third-order valence-electron chi connectivity index (χ3n) is 1.95. The van der Waals surface area contributed by atoms with Crippen LogP contribution in [-0.4, -0.2) is 22.6 Å². The van der Waals surface area contributed by atoms with Crippen LogP contribution in [-0.2, 0) is 4.79 Å². The van der Waals surface area contributed by atoms with E-state index in [1.807, 2.05) is 6.92 Å². The lowest BCUT2D eigenvalue weighted by Gasteiger charge is -2.02. The van der Waals surface area contributed by atoms with E-state index in [0.717, 1.165) is 18.4 Å². The fraction of sp³-hybridized carbons (Fsp3) is 0.556. The van der Waals surface area contributed by atoms with Crippen LogP contribution in [0.4, 0.5) is 5.82 Å². The lowest BCUT2D eigenvalue weighted by molar-refractivity contribution is -0.116. The van der Waals surface area contributed by atoms with E-state index < -0.39 is 0 Å². The number of aromatic nitrogens is 2. The van der Waals surface area contributed by atoms with Crippen molar-refractivity contribution in [3.63, 3.8) is 0 Å². The maximum Gasteiger partial charge on any atom is 0.225 e. The average molecular weight is 196 g/mol. The minimum Gasteiger partial charge on any atom is -0.330 e. The molecule has 78 valence electrons. The van der Waals surface area contributed by atoms with Crippen molar-refractivity contribution >= 4 is 11.7 Å². The number of nitrogens with one attached hydrogen (secondary N) is 2. The zero-order valence-electron chi connectivity index (χ0n) is 8.34. The highest BCUT2D eigenvalue weighted by Crippen LogP contribution is 2.09. The molecule has 1 rings (SSSR count). The molecule has 0 spiro atoms. The van der Waals surface area contributed by atoms with Gasteiger partial charge in [0.05, 0.1) is 6.20 Å². The van der Waals surface area contributed by atoms with Gasteiger partial charge in [-0.15, -0.1) is 0 Å². The molecule has 0 atom stereocenters. The topological polar surface area (TPSA) is 83.8 Å². The summed E-state index contributed by atoms with van der Waals surface area (Å²) in [5.41, 5.74) is 6.27. The van der Waals surface area contributed by atoms with Gasteiger partial charge >= 0.3 is 0 Å². The SMILES string of the molecule is Cc1cn[nH]c1NC(=O)CCCCN. The fourth-order valence-corrected chi connectivity index (χ4v) is 1.10. The molecule has 0 aliphatic heterocycles. The third-order valence-corrected chi connectivity index (χ3v) is 1.95. The highest BCUT2D eigenvalue weighted by atomic mass is 16.1. The standard InChI is InChI=1S/C9H16N4O/c1-7-6-11-13-9(7)12-8(14)4-2-3-5-10/h6H,2-5,10H2,1H3,(H2,11,12,13,14). The number of amides is 1. The molecule has 0 fully saturated rings. The van der Waals surface area contributed by atoms with Gasteiger partial charge in [-0.05, 0) is 26.3 Å². The van der Waals surface area contributed by atoms with Gasteiger partial charge in [-0.1, -0.05) is 0 Å². The second-order valence-electron chi connectivity index (χ2n) is 3.22. The number of hydrogen-bond acceptors (Lipinski definition) is 3. The second kappa shape index (κ2) is 5.39. The number of carbonyl (C=O) groups is 1. The molecule has 0 unspecified atom stereocenters.